The van der Waals surface area contributed by atoms with E-state index in [1.165, 1.54) is 7.11 Å². The van der Waals surface area contributed by atoms with Crippen LogP contribution in [-0.2, 0) is 9.53 Å². The number of amides is 1. The van der Waals surface area contributed by atoms with Crippen molar-refractivity contribution < 1.29 is 14.3 Å². The fourth-order valence-electron chi connectivity index (χ4n) is 2.83. The molecule has 3 aromatic rings. The summed E-state index contributed by atoms with van der Waals surface area (Å²) < 4.78 is 6.49. The summed E-state index contributed by atoms with van der Waals surface area (Å²) >= 11 is 1.60. The van der Waals surface area contributed by atoms with E-state index in [4.69, 9.17) is 4.74 Å². The molecule has 0 aliphatic carbocycles. The molecule has 0 saturated heterocycles. The number of hydrogen-bond acceptors (Lipinski definition) is 6. The summed E-state index contributed by atoms with van der Waals surface area (Å²) in [5.74, 6) is -0.132. The van der Waals surface area contributed by atoms with Crippen LogP contribution in [0.5, 0.6) is 0 Å². The minimum absolute atomic E-state index is 0.361. The van der Waals surface area contributed by atoms with Crippen LogP contribution >= 0.6 is 11.8 Å². The Bertz CT molecular complexity index is 961. The zero-order valence-electron chi connectivity index (χ0n) is 16.2. The molecule has 0 aliphatic rings. The predicted octanol–water partition coefficient (Wildman–Crippen LogP) is 2.96. The number of pyridine rings is 1. The van der Waals surface area contributed by atoms with Crippen molar-refractivity contribution in [1.82, 2.24) is 20.1 Å². The van der Waals surface area contributed by atoms with Gasteiger partial charge >= 0.3 is 5.97 Å². The second-order valence-corrected chi connectivity index (χ2v) is 7.23. The minimum Gasteiger partial charge on any atom is -0.467 e. The maximum Gasteiger partial charge on any atom is 0.328 e. The van der Waals surface area contributed by atoms with Gasteiger partial charge in [0.25, 0.3) is 5.91 Å². The zero-order chi connectivity index (χ0) is 20.6. The first kappa shape index (κ1) is 20.6. The Labute approximate surface area is 173 Å². The van der Waals surface area contributed by atoms with Gasteiger partial charge in [0.1, 0.15) is 11.7 Å². The quantitative estimate of drug-likeness (QED) is 0.575. The number of aromatic nitrogens is 3. The van der Waals surface area contributed by atoms with Crippen LogP contribution < -0.4 is 5.32 Å². The number of carbonyl (C=O) groups excluding carboxylic acids is 2. The second-order valence-electron chi connectivity index (χ2n) is 6.24. The van der Waals surface area contributed by atoms with E-state index in [0.717, 1.165) is 11.4 Å². The van der Waals surface area contributed by atoms with Gasteiger partial charge in [-0.2, -0.15) is 16.9 Å². The lowest BCUT2D eigenvalue weighted by Crippen LogP contribution is -2.42. The minimum atomic E-state index is -0.721. The lowest BCUT2D eigenvalue weighted by molar-refractivity contribution is -0.142. The number of hydrogen-bond donors (Lipinski definition) is 1. The summed E-state index contributed by atoms with van der Waals surface area (Å²) in [6.07, 6.45) is 7.40. The van der Waals surface area contributed by atoms with Crippen molar-refractivity contribution in [2.45, 2.75) is 12.5 Å². The van der Waals surface area contributed by atoms with Crippen LogP contribution in [0.25, 0.3) is 16.9 Å². The zero-order valence-corrected chi connectivity index (χ0v) is 17.1. The first-order valence-electron chi connectivity index (χ1n) is 9.07. The number of benzene rings is 1. The number of carbonyl (C=O) groups is 2. The first-order valence-corrected chi connectivity index (χ1v) is 10.5. The number of esters is 1. The molecular weight excluding hydrogens is 388 g/mol. The maximum atomic E-state index is 13.1. The monoisotopic (exact) mass is 410 g/mol. The molecule has 8 heteroatoms. The average molecular weight is 410 g/mol. The van der Waals surface area contributed by atoms with Crippen LogP contribution in [0.3, 0.4) is 0 Å². The van der Waals surface area contributed by atoms with Gasteiger partial charge in [-0.3, -0.25) is 9.78 Å². The molecule has 1 aromatic carbocycles. The average Bonchev–Trinajstić information content (AvgIpc) is 3.23. The van der Waals surface area contributed by atoms with E-state index >= 15 is 0 Å². The van der Waals surface area contributed by atoms with Crippen LogP contribution in [0.2, 0.25) is 0 Å². The smallest absolute Gasteiger partial charge is 0.328 e. The Kier molecular flexibility index (Phi) is 7.02. The van der Waals surface area contributed by atoms with Gasteiger partial charge in [-0.05, 0) is 42.7 Å². The van der Waals surface area contributed by atoms with Crippen molar-refractivity contribution in [3.05, 3.63) is 66.6 Å². The molecule has 0 saturated carbocycles. The third-order valence-corrected chi connectivity index (χ3v) is 4.96. The highest BCUT2D eigenvalue weighted by Crippen LogP contribution is 2.23. The summed E-state index contributed by atoms with van der Waals surface area (Å²) in [6.45, 7) is 0. The Morgan fingerprint density at radius 2 is 2.00 bits per heavy atom. The summed E-state index contributed by atoms with van der Waals surface area (Å²) in [5.41, 5.74) is 2.39. The summed E-state index contributed by atoms with van der Waals surface area (Å²) in [5, 5.41) is 7.39. The van der Waals surface area contributed by atoms with Gasteiger partial charge in [0.05, 0.1) is 18.4 Å². The van der Waals surface area contributed by atoms with Gasteiger partial charge in [0.15, 0.2) is 0 Å². The molecule has 1 amide bonds. The van der Waals surface area contributed by atoms with E-state index in [0.29, 0.717) is 23.2 Å². The molecule has 0 unspecified atom stereocenters. The number of methoxy groups -OCH3 is 1. The maximum absolute atomic E-state index is 13.1. The number of nitrogens with one attached hydrogen (secondary N) is 1. The summed E-state index contributed by atoms with van der Waals surface area (Å²) in [6, 6.07) is 12.4. The molecule has 2 aromatic heterocycles. The van der Waals surface area contributed by atoms with Crippen LogP contribution in [0, 0.1) is 0 Å². The predicted molar refractivity (Wildman–Crippen MR) is 113 cm³/mol. The third kappa shape index (κ3) is 5.03. The standard InChI is InChI=1S/C21H22N4O3S/c1-28-21(27)18(10-12-29-2)23-20(26)17-14-25(16-8-4-3-5-9-16)24-19(17)15-7-6-11-22-13-15/h3-9,11,13-14,18H,10,12H2,1-2H3,(H,23,26)/t18-/m1/s1. The second kappa shape index (κ2) is 9.88. The molecule has 2 heterocycles. The van der Waals surface area contributed by atoms with E-state index in [2.05, 4.69) is 15.4 Å². The van der Waals surface area contributed by atoms with E-state index in [1.807, 2.05) is 42.7 Å². The van der Waals surface area contributed by atoms with Crippen molar-refractivity contribution in [1.29, 1.82) is 0 Å². The van der Waals surface area contributed by atoms with Crippen LogP contribution in [0.15, 0.2) is 61.1 Å². The number of nitrogens with zero attached hydrogens (tertiary/aromatic N) is 3. The Morgan fingerprint density at radius 3 is 2.66 bits per heavy atom. The van der Waals surface area contributed by atoms with Gasteiger partial charge in [-0.15, -0.1) is 0 Å². The number of para-hydroxylation sites is 1. The molecule has 0 spiro atoms. The molecule has 0 radical (unpaired) electrons. The first-order chi connectivity index (χ1) is 14.1. The number of rotatable bonds is 8. The molecule has 1 atom stereocenters. The van der Waals surface area contributed by atoms with E-state index in [-0.39, 0.29) is 5.91 Å². The molecule has 3 rings (SSSR count). The Hall–Kier alpha value is -3.13. The van der Waals surface area contributed by atoms with Crippen molar-refractivity contribution in [3.8, 4) is 16.9 Å². The van der Waals surface area contributed by atoms with E-state index in [9.17, 15) is 9.59 Å². The molecule has 0 fully saturated rings. The van der Waals surface area contributed by atoms with Gasteiger partial charge in [-0.25, -0.2) is 9.48 Å². The highest BCUT2D eigenvalue weighted by Gasteiger charge is 2.25. The molecule has 7 nitrogen and oxygen atoms in total. The highest BCUT2D eigenvalue weighted by atomic mass is 32.2. The van der Waals surface area contributed by atoms with Crippen molar-refractivity contribution >= 4 is 23.6 Å². The fraction of sp³-hybridized carbons (Fsp3) is 0.238. The SMILES string of the molecule is COC(=O)[C@@H](CCSC)NC(=O)c1cn(-c2ccccc2)nc1-c1cccnc1. The Balaban J connectivity index is 1.97. The molecule has 0 bridgehead atoms. The molecule has 1 N–H and O–H groups in total. The van der Waals surface area contributed by atoms with Crippen molar-refractivity contribution in [3.63, 3.8) is 0 Å². The number of thioether (sulfide) groups is 1. The number of ether oxygens (including phenoxy) is 1. The van der Waals surface area contributed by atoms with Crippen molar-refractivity contribution in [2.24, 2.45) is 0 Å². The lowest BCUT2D eigenvalue weighted by Gasteiger charge is -2.15. The van der Waals surface area contributed by atoms with Crippen LogP contribution in [0.1, 0.15) is 16.8 Å². The summed E-state index contributed by atoms with van der Waals surface area (Å²) in [7, 11) is 1.31. The molecular formula is C21H22N4O3S. The van der Waals surface area contributed by atoms with Crippen LogP contribution in [0.4, 0.5) is 0 Å². The normalized spacial score (nSPS) is 11.7. The molecule has 29 heavy (non-hydrogen) atoms. The topological polar surface area (TPSA) is 86.1 Å². The largest absolute Gasteiger partial charge is 0.467 e. The molecule has 0 aliphatic heterocycles. The third-order valence-electron chi connectivity index (χ3n) is 4.32. The Morgan fingerprint density at radius 1 is 1.21 bits per heavy atom. The van der Waals surface area contributed by atoms with Gasteiger partial charge in [0, 0.05) is 24.2 Å². The van der Waals surface area contributed by atoms with Crippen molar-refractivity contribution in [2.75, 3.05) is 19.1 Å². The van der Waals surface area contributed by atoms with Gasteiger partial charge < -0.3 is 10.1 Å². The fourth-order valence-corrected chi connectivity index (χ4v) is 3.30. The highest BCUT2D eigenvalue weighted by molar-refractivity contribution is 7.98. The molecule has 150 valence electrons. The van der Waals surface area contributed by atoms with E-state index < -0.39 is 12.0 Å². The van der Waals surface area contributed by atoms with Crippen LogP contribution in [-0.4, -0.2) is 51.8 Å². The van der Waals surface area contributed by atoms with Gasteiger partial charge in [-0.1, -0.05) is 18.2 Å². The lowest BCUT2D eigenvalue weighted by atomic mass is 10.1. The summed E-state index contributed by atoms with van der Waals surface area (Å²) in [4.78, 5) is 29.3. The van der Waals surface area contributed by atoms with E-state index in [1.54, 1.807) is 41.1 Å². The van der Waals surface area contributed by atoms with Gasteiger partial charge in [0.2, 0.25) is 0 Å².